The van der Waals surface area contributed by atoms with Gasteiger partial charge in [-0.2, -0.15) is 4.99 Å². The third kappa shape index (κ3) is 8.32. The molecule has 2 N–H and O–H groups in total. The predicted molar refractivity (Wildman–Crippen MR) is 140 cm³/mol. The Morgan fingerprint density at radius 2 is 1.84 bits per heavy atom. The number of carboxylic acid groups (broad SMARTS) is 1. The number of halogens is 1. The normalized spacial score (nSPS) is 11.8. The lowest BCUT2D eigenvalue weighted by Crippen LogP contribution is -2.38. The highest BCUT2D eigenvalue weighted by atomic mass is 35.5. The molecule has 37 heavy (non-hydrogen) atoms. The standard InChI is InChI=1S/C26H26ClN5O5/c1-18(24(34)35)15-31(2)26(36)30-25(32(17-33)16-19-6-8-20(27)9-7-19)29-21-10-12-22(13-11-21)37-23-5-3-4-14-28-23/h3-14,17-18H,15-16H2,1-2H3,(H,34,35)(H,29,30,36)/t18-/m0/s1. The number of nitrogens with one attached hydrogen (secondary N) is 1. The van der Waals surface area contributed by atoms with Crippen molar-refractivity contribution in [2.45, 2.75) is 13.5 Å². The van der Waals surface area contributed by atoms with Gasteiger partial charge in [0.2, 0.25) is 18.2 Å². The Labute approximate surface area is 219 Å². The van der Waals surface area contributed by atoms with E-state index in [2.05, 4.69) is 15.3 Å². The molecule has 0 saturated carbocycles. The monoisotopic (exact) mass is 523 g/mol. The summed E-state index contributed by atoms with van der Waals surface area (Å²) < 4.78 is 5.69. The number of urea groups is 1. The third-order valence-electron chi connectivity index (χ3n) is 5.13. The third-order valence-corrected chi connectivity index (χ3v) is 5.39. The molecule has 1 aromatic heterocycles. The van der Waals surface area contributed by atoms with E-state index >= 15 is 0 Å². The molecule has 0 fully saturated rings. The van der Waals surface area contributed by atoms with E-state index in [9.17, 15) is 14.4 Å². The molecule has 1 atom stereocenters. The Kier molecular flexibility index (Phi) is 9.56. The van der Waals surface area contributed by atoms with Gasteiger partial charge in [0.05, 0.1) is 12.5 Å². The first-order valence-corrected chi connectivity index (χ1v) is 11.6. The van der Waals surface area contributed by atoms with Gasteiger partial charge >= 0.3 is 12.0 Å². The lowest BCUT2D eigenvalue weighted by atomic mass is 10.2. The van der Waals surface area contributed by atoms with Gasteiger partial charge in [-0.1, -0.05) is 36.7 Å². The van der Waals surface area contributed by atoms with Gasteiger partial charge in [0.15, 0.2) is 0 Å². The number of rotatable bonds is 9. The summed E-state index contributed by atoms with van der Waals surface area (Å²) in [5.41, 5.74) is 1.29. The van der Waals surface area contributed by atoms with E-state index in [1.165, 1.54) is 23.8 Å². The highest BCUT2D eigenvalue weighted by molar-refractivity contribution is 6.30. The van der Waals surface area contributed by atoms with Crippen molar-refractivity contribution in [3.8, 4) is 11.6 Å². The van der Waals surface area contributed by atoms with Gasteiger partial charge in [-0.25, -0.2) is 9.78 Å². The fourth-order valence-corrected chi connectivity index (χ4v) is 3.25. The van der Waals surface area contributed by atoms with Gasteiger partial charge in [0.1, 0.15) is 5.75 Å². The largest absolute Gasteiger partial charge is 0.481 e. The van der Waals surface area contributed by atoms with Crippen LogP contribution in [0.2, 0.25) is 5.02 Å². The molecule has 3 rings (SSSR count). The highest BCUT2D eigenvalue weighted by Gasteiger charge is 2.20. The number of amides is 3. The number of carboxylic acids is 1. The Balaban J connectivity index is 1.83. The molecule has 10 nitrogen and oxygen atoms in total. The molecule has 3 amide bonds. The van der Waals surface area contributed by atoms with Crippen molar-refractivity contribution in [3.63, 3.8) is 0 Å². The first-order chi connectivity index (χ1) is 17.7. The minimum atomic E-state index is -1.03. The molecule has 0 bridgehead atoms. The van der Waals surface area contributed by atoms with Crippen LogP contribution in [-0.4, -0.2) is 57.9 Å². The van der Waals surface area contributed by atoms with E-state index < -0.39 is 17.9 Å². The number of aliphatic carboxylic acids is 1. The van der Waals surface area contributed by atoms with Crippen LogP contribution in [0.3, 0.4) is 0 Å². The van der Waals surface area contributed by atoms with Crippen LogP contribution in [0.1, 0.15) is 12.5 Å². The number of hydrogen-bond acceptors (Lipinski definition) is 5. The van der Waals surface area contributed by atoms with Gasteiger partial charge in [-0.3, -0.25) is 14.5 Å². The Morgan fingerprint density at radius 3 is 2.43 bits per heavy atom. The molecule has 0 saturated heterocycles. The van der Waals surface area contributed by atoms with Crippen LogP contribution in [0.25, 0.3) is 0 Å². The second kappa shape index (κ2) is 13.0. The van der Waals surface area contributed by atoms with Crippen LogP contribution in [0.4, 0.5) is 10.5 Å². The van der Waals surface area contributed by atoms with Crippen LogP contribution >= 0.6 is 11.6 Å². The number of nitrogens with zero attached hydrogens (tertiary/aromatic N) is 4. The lowest BCUT2D eigenvalue weighted by Gasteiger charge is -2.23. The minimum absolute atomic E-state index is 0.0387. The number of benzene rings is 2. The van der Waals surface area contributed by atoms with E-state index in [-0.39, 0.29) is 19.0 Å². The smallest absolute Gasteiger partial charge is 0.346 e. The SMILES string of the molecule is C[C@@H](CN(C)C(=O)/N=C(/Nc1ccc(Oc2ccccn2)cc1)N(C=O)Cc1ccc(Cl)cc1)C(=O)O. The number of aliphatic imine (C=N–C) groups is 1. The summed E-state index contributed by atoms with van der Waals surface area (Å²) in [4.78, 5) is 46.6. The maximum absolute atomic E-state index is 12.8. The highest BCUT2D eigenvalue weighted by Crippen LogP contribution is 2.21. The van der Waals surface area contributed by atoms with Crippen LogP contribution in [0.15, 0.2) is 77.9 Å². The van der Waals surface area contributed by atoms with Gasteiger partial charge in [-0.15, -0.1) is 0 Å². The number of hydrogen-bond donors (Lipinski definition) is 2. The van der Waals surface area contributed by atoms with Crippen LogP contribution in [-0.2, 0) is 16.1 Å². The van der Waals surface area contributed by atoms with Crippen molar-refractivity contribution >= 4 is 41.7 Å². The van der Waals surface area contributed by atoms with Crippen LogP contribution in [0.5, 0.6) is 11.6 Å². The molecule has 1 heterocycles. The fourth-order valence-electron chi connectivity index (χ4n) is 3.12. The zero-order chi connectivity index (χ0) is 26.8. The molecule has 0 radical (unpaired) electrons. The molecule has 2 aromatic carbocycles. The summed E-state index contributed by atoms with van der Waals surface area (Å²) in [6, 6.07) is 18.3. The summed E-state index contributed by atoms with van der Waals surface area (Å²) in [7, 11) is 1.44. The van der Waals surface area contributed by atoms with E-state index in [0.717, 1.165) is 5.56 Å². The number of ether oxygens (including phenoxy) is 1. The number of carbonyl (C=O) groups is 3. The summed E-state index contributed by atoms with van der Waals surface area (Å²) in [6.45, 7) is 1.54. The maximum atomic E-state index is 12.8. The van der Waals surface area contributed by atoms with Gasteiger partial charge in [0, 0.05) is 36.6 Å². The van der Waals surface area contributed by atoms with Crippen molar-refractivity contribution in [1.82, 2.24) is 14.8 Å². The Hall–Kier alpha value is -4.44. The molecule has 192 valence electrons. The van der Waals surface area contributed by atoms with Crippen molar-refractivity contribution in [2.75, 3.05) is 18.9 Å². The average Bonchev–Trinajstić information content (AvgIpc) is 2.89. The molecule has 0 aliphatic rings. The van der Waals surface area contributed by atoms with Crippen LogP contribution in [0, 0.1) is 5.92 Å². The van der Waals surface area contributed by atoms with Gasteiger partial charge < -0.3 is 20.1 Å². The second-order valence-corrected chi connectivity index (χ2v) is 8.55. The number of anilines is 1. The summed E-state index contributed by atoms with van der Waals surface area (Å²) >= 11 is 5.96. The van der Waals surface area contributed by atoms with Crippen molar-refractivity contribution in [2.24, 2.45) is 10.9 Å². The molecule has 3 aromatic rings. The van der Waals surface area contributed by atoms with E-state index in [1.807, 2.05) is 0 Å². The van der Waals surface area contributed by atoms with Crippen molar-refractivity contribution in [3.05, 3.63) is 83.5 Å². The molecule has 0 aliphatic heterocycles. The quantitative estimate of drug-likeness (QED) is 0.236. The number of pyridine rings is 1. The second-order valence-electron chi connectivity index (χ2n) is 8.12. The first-order valence-electron chi connectivity index (χ1n) is 11.2. The zero-order valence-corrected chi connectivity index (χ0v) is 21.0. The van der Waals surface area contributed by atoms with Gasteiger partial charge in [-0.05, 0) is 48.0 Å². The molecule has 0 spiro atoms. The number of aromatic nitrogens is 1. The minimum Gasteiger partial charge on any atom is -0.481 e. The Morgan fingerprint density at radius 1 is 1.14 bits per heavy atom. The molecule has 0 unspecified atom stereocenters. The summed E-state index contributed by atoms with van der Waals surface area (Å²) in [6.07, 6.45) is 2.17. The fraction of sp³-hybridized carbons (Fsp3) is 0.192. The lowest BCUT2D eigenvalue weighted by molar-refractivity contribution is -0.141. The van der Waals surface area contributed by atoms with Crippen molar-refractivity contribution < 1.29 is 24.2 Å². The van der Waals surface area contributed by atoms with Crippen molar-refractivity contribution in [1.29, 1.82) is 0 Å². The maximum Gasteiger partial charge on any atom is 0.346 e. The molecule has 11 heteroatoms. The molecular weight excluding hydrogens is 498 g/mol. The predicted octanol–water partition coefficient (Wildman–Crippen LogP) is 4.73. The first kappa shape index (κ1) is 27.2. The van der Waals surface area contributed by atoms with Crippen LogP contribution < -0.4 is 10.1 Å². The van der Waals surface area contributed by atoms with E-state index in [1.54, 1.807) is 72.9 Å². The van der Waals surface area contributed by atoms with E-state index in [4.69, 9.17) is 21.4 Å². The number of carbonyl (C=O) groups excluding carboxylic acids is 2. The molecule has 0 aliphatic carbocycles. The summed E-state index contributed by atoms with van der Waals surface area (Å²) in [5.74, 6) is -0.890. The summed E-state index contributed by atoms with van der Waals surface area (Å²) in [5, 5.41) is 12.7. The van der Waals surface area contributed by atoms with Gasteiger partial charge in [0.25, 0.3) is 0 Å². The molecular formula is C26H26ClN5O5. The Bertz CT molecular complexity index is 1240. The average molecular weight is 524 g/mol. The number of guanidine groups is 1. The van der Waals surface area contributed by atoms with E-state index in [0.29, 0.717) is 28.7 Å². The zero-order valence-electron chi connectivity index (χ0n) is 20.2. The topological polar surface area (TPSA) is 124 Å².